The molecule has 1 spiro atoms. The van der Waals surface area contributed by atoms with E-state index in [-0.39, 0.29) is 84.5 Å². The van der Waals surface area contributed by atoms with E-state index in [1.165, 1.54) is 17.0 Å². The van der Waals surface area contributed by atoms with Crippen molar-refractivity contribution >= 4 is 60.7 Å². The number of anilines is 2. The molecule has 0 bridgehead atoms. The fourth-order valence-electron chi connectivity index (χ4n) is 9.41. The van der Waals surface area contributed by atoms with Gasteiger partial charge in [-0.2, -0.15) is 25.0 Å². The summed E-state index contributed by atoms with van der Waals surface area (Å²) >= 11 is 7.78. The molecule has 11 nitrogen and oxygen atoms in total. The summed E-state index contributed by atoms with van der Waals surface area (Å²) in [6.07, 6.45) is -0.979. The minimum atomic E-state index is -4.86. The summed E-state index contributed by atoms with van der Waals surface area (Å²) < 4.78 is 93.8. The molecule has 0 aliphatic carbocycles. The number of ether oxygens (including phenoxy) is 1. The third kappa shape index (κ3) is 6.20. The predicted octanol–water partition coefficient (Wildman–Crippen LogP) is 7.66. The second-order valence-electron chi connectivity index (χ2n) is 15.5. The standard InChI is InChI=1S/C38H34ClF6N9O2S/c39-24-12-22-30(29(42)28(24)21-4-5-25(41)31-27(21)23(14-46)32(47)57-31)49-35(56-19-37-8-3-11-53(37)15-20(40)13-37)50-33(22)51-10-2-1-7-36(16-51)17-52(18-36)34(55)26-6-9-48-54(26)38(43,44)45/h4-6,9,12,20H,1-3,7-8,10-11,13,15-19,47H2/t20-,37+/m1/s1. The Hall–Kier alpha value is -4.86. The molecule has 2 N–H and O–H groups in total. The van der Waals surface area contributed by atoms with Gasteiger partial charge in [-0.15, -0.1) is 24.5 Å². The van der Waals surface area contributed by atoms with Gasteiger partial charge in [-0.3, -0.25) is 9.69 Å². The fraction of sp³-hybridized carbons (Fsp3) is 0.447. The topological polar surface area (TPSA) is 129 Å². The van der Waals surface area contributed by atoms with Crippen LogP contribution in [0.1, 0.15) is 54.6 Å². The van der Waals surface area contributed by atoms with Crippen LogP contribution < -0.4 is 15.4 Å². The molecule has 4 aliphatic heterocycles. The van der Waals surface area contributed by atoms with E-state index in [1.807, 2.05) is 11.0 Å². The zero-order chi connectivity index (χ0) is 40.0. The van der Waals surface area contributed by atoms with E-state index in [2.05, 4.69) is 15.0 Å². The van der Waals surface area contributed by atoms with Crippen molar-refractivity contribution in [1.29, 1.82) is 5.26 Å². The minimum Gasteiger partial charge on any atom is -0.461 e. The Morgan fingerprint density at radius 2 is 1.91 bits per heavy atom. The highest BCUT2D eigenvalue weighted by atomic mass is 35.5. The first kappa shape index (κ1) is 37.7. The summed E-state index contributed by atoms with van der Waals surface area (Å²) in [5, 5.41) is 13.6. The molecule has 2 aromatic carbocycles. The molecule has 4 aliphatic rings. The van der Waals surface area contributed by atoms with Crippen LogP contribution in [0, 0.1) is 28.4 Å². The molecular weight excluding hydrogens is 796 g/mol. The third-order valence-electron chi connectivity index (χ3n) is 11.9. The highest BCUT2D eigenvalue weighted by molar-refractivity contribution is 7.23. The molecule has 7 heterocycles. The minimum absolute atomic E-state index is 0.0127. The van der Waals surface area contributed by atoms with Crippen LogP contribution in [0.25, 0.3) is 32.1 Å². The molecule has 57 heavy (non-hydrogen) atoms. The van der Waals surface area contributed by atoms with Gasteiger partial charge >= 0.3 is 12.3 Å². The first-order valence-electron chi connectivity index (χ1n) is 18.5. The number of hydrogen-bond donors (Lipinski definition) is 1. The number of thiophene rings is 1. The number of rotatable bonds is 6. The van der Waals surface area contributed by atoms with Gasteiger partial charge in [-0.05, 0) is 56.0 Å². The molecule has 1 amide bonds. The van der Waals surface area contributed by atoms with Gasteiger partial charge in [-0.25, -0.2) is 13.2 Å². The van der Waals surface area contributed by atoms with E-state index in [0.29, 0.717) is 44.7 Å². The van der Waals surface area contributed by atoms with Crippen LogP contribution in [0.5, 0.6) is 6.01 Å². The summed E-state index contributed by atoms with van der Waals surface area (Å²) in [5.41, 5.74) is 4.25. The van der Waals surface area contributed by atoms with Gasteiger partial charge < -0.3 is 20.3 Å². The van der Waals surface area contributed by atoms with Crippen molar-refractivity contribution in [2.75, 3.05) is 56.5 Å². The molecule has 4 fully saturated rings. The van der Waals surface area contributed by atoms with E-state index in [0.717, 1.165) is 49.1 Å². The molecular formula is C38H34ClF6N9O2S. The maximum Gasteiger partial charge on any atom is 0.505 e. The number of carbonyl (C=O) groups is 1. The number of amides is 1. The fourth-order valence-corrected chi connectivity index (χ4v) is 10.7. The van der Waals surface area contributed by atoms with E-state index in [9.17, 15) is 27.6 Å². The summed E-state index contributed by atoms with van der Waals surface area (Å²) in [4.78, 5) is 28.0. The lowest BCUT2D eigenvalue weighted by atomic mass is 9.75. The predicted molar refractivity (Wildman–Crippen MR) is 201 cm³/mol. The van der Waals surface area contributed by atoms with Gasteiger partial charge in [0.25, 0.3) is 5.91 Å². The summed E-state index contributed by atoms with van der Waals surface area (Å²) in [5.74, 6) is -2.00. The van der Waals surface area contributed by atoms with Crippen LogP contribution in [0.4, 0.5) is 37.2 Å². The molecule has 3 aromatic heterocycles. The van der Waals surface area contributed by atoms with E-state index in [4.69, 9.17) is 27.1 Å². The van der Waals surface area contributed by atoms with Crippen LogP contribution in [-0.2, 0) is 6.30 Å². The van der Waals surface area contributed by atoms with Gasteiger partial charge in [0, 0.05) is 60.9 Å². The summed E-state index contributed by atoms with van der Waals surface area (Å²) in [7, 11) is 0. The van der Waals surface area contributed by atoms with Crippen molar-refractivity contribution in [2.45, 2.75) is 56.5 Å². The smallest absolute Gasteiger partial charge is 0.461 e. The van der Waals surface area contributed by atoms with Gasteiger partial charge in [0.2, 0.25) is 0 Å². The number of halogens is 7. The number of likely N-dealkylation sites (tertiary alicyclic amines) is 1. The quantitative estimate of drug-likeness (QED) is 0.172. The van der Waals surface area contributed by atoms with Crippen molar-refractivity contribution in [3.63, 3.8) is 0 Å². The zero-order valence-electron chi connectivity index (χ0n) is 30.2. The van der Waals surface area contributed by atoms with E-state index in [1.54, 1.807) is 0 Å². The SMILES string of the molecule is N#Cc1c(N)sc2c(F)ccc(-c3c(Cl)cc4c(N5CCCCC6(CN(C(=O)c7ccnn7C(F)(F)F)C6)C5)nc(OC[C@@]56CCCN5C[C@H](F)C6)nc4c3F)c12. The van der Waals surface area contributed by atoms with E-state index >= 15 is 8.78 Å². The number of nitrogen functional groups attached to an aromatic ring is 1. The second-order valence-corrected chi connectivity index (χ2v) is 17.0. The highest BCUT2D eigenvalue weighted by Gasteiger charge is 2.50. The van der Waals surface area contributed by atoms with Crippen molar-refractivity contribution in [3.05, 3.63) is 58.4 Å². The molecule has 0 unspecified atom stereocenters. The Bertz CT molecular complexity index is 2500. The number of hydrogen-bond acceptors (Lipinski definition) is 10. The van der Waals surface area contributed by atoms with Gasteiger partial charge in [0.05, 0.1) is 27.0 Å². The lowest BCUT2D eigenvalue weighted by Crippen LogP contribution is -2.62. The van der Waals surface area contributed by atoms with Crippen LogP contribution in [0.15, 0.2) is 30.5 Å². The number of alkyl halides is 4. The first-order chi connectivity index (χ1) is 27.2. The maximum atomic E-state index is 17.3. The van der Waals surface area contributed by atoms with Gasteiger partial charge in [0.1, 0.15) is 46.7 Å². The lowest BCUT2D eigenvalue weighted by Gasteiger charge is -2.51. The molecule has 19 heteroatoms. The maximum absolute atomic E-state index is 17.3. The van der Waals surface area contributed by atoms with Gasteiger partial charge in [-0.1, -0.05) is 24.1 Å². The second kappa shape index (κ2) is 13.6. The number of nitrogens with two attached hydrogens (primary N) is 1. The molecule has 5 aromatic rings. The largest absolute Gasteiger partial charge is 0.505 e. The van der Waals surface area contributed by atoms with E-state index < -0.39 is 46.7 Å². The normalized spacial score (nSPS) is 22.2. The van der Waals surface area contributed by atoms with Crippen molar-refractivity contribution in [1.82, 2.24) is 29.5 Å². The molecule has 0 saturated carbocycles. The van der Waals surface area contributed by atoms with Crippen molar-refractivity contribution < 1.29 is 35.9 Å². The number of carbonyl (C=O) groups excluding carboxylic acids is 1. The number of nitriles is 1. The Balaban J connectivity index is 1.12. The number of benzene rings is 2. The average molecular weight is 830 g/mol. The Morgan fingerprint density at radius 3 is 2.68 bits per heavy atom. The van der Waals surface area contributed by atoms with Crippen LogP contribution in [0.3, 0.4) is 0 Å². The molecule has 2 atom stereocenters. The number of nitrogens with zero attached hydrogens (tertiary/aromatic N) is 8. The van der Waals surface area contributed by atoms with Crippen LogP contribution >= 0.6 is 22.9 Å². The monoisotopic (exact) mass is 829 g/mol. The summed E-state index contributed by atoms with van der Waals surface area (Å²) in [6, 6.07) is 6.89. The average Bonchev–Trinajstić information content (AvgIpc) is 3.90. The molecule has 9 rings (SSSR count). The number of fused-ring (bicyclic) bond motifs is 3. The zero-order valence-corrected chi connectivity index (χ0v) is 31.8. The highest BCUT2D eigenvalue weighted by Crippen LogP contribution is 2.47. The molecule has 298 valence electrons. The Morgan fingerprint density at radius 1 is 1.11 bits per heavy atom. The summed E-state index contributed by atoms with van der Waals surface area (Å²) in [6.45, 7) is 2.21. The Labute approximate surface area is 330 Å². The molecule has 4 saturated heterocycles. The molecule has 0 radical (unpaired) electrons. The lowest BCUT2D eigenvalue weighted by molar-refractivity contribution is -0.213. The van der Waals surface area contributed by atoms with Crippen LogP contribution in [0.2, 0.25) is 5.02 Å². The van der Waals surface area contributed by atoms with Crippen molar-refractivity contribution in [2.24, 2.45) is 5.41 Å². The van der Waals surface area contributed by atoms with Crippen LogP contribution in [-0.4, -0.2) is 93.0 Å². The van der Waals surface area contributed by atoms with Crippen molar-refractivity contribution in [3.8, 4) is 23.2 Å². The van der Waals surface area contributed by atoms with Gasteiger partial charge in [0.15, 0.2) is 5.82 Å². The number of aromatic nitrogens is 4. The third-order valence-corrected chi connectivity index (χ3v) is 13.3. The first-order valence-corrected chi connectivity index (χ1v) is 19.7. The Kier molecular flexibility index (Phi) is 9.01.